The molecule has 0 aliphatic heterocycles. The molecule has 12 unspecified atom stereocenters. The van der Waals surface area contributed by atoms with Gasteiger partial charge in [0, 0.05) is 18.6 Å². The second-order valence-electron chi connectivity index (χ2n) is 26.3. The Balaban J connectivity index is 0.000000169. The quantitative estimate of drug-likeness (QED) is 0.0292. The zero-order valence-electron chi connectivity index (χ0n) is 54.6. The highest BCUT2D eigenvalue weighted by atomic mass is 32.2. The number of hydrogen-bond acceptors (Lipinski definition) is 9. The monoisotopic (exact) mass is 1240 g/mol. The molecule has 5 fully saturated rings. The number of phenolic OH excluding ortho intramolecular Hbond substituents is 1. The fourth-order valence-electron chi connectivity index (χ4n) is 14.7. The summed E-state index contributed by atoms with van der Waals surface area (Å²) in [4.78, 5) is 15.8. The minimum Gasteiger partial charge on any atom is -0.508 e. The summed E-state index contributed by atoms with van der Waals surface area (Å²) in [5.41, 5.74) is 5.16. The first-order valence-electron chi connectivity index (χ1n) is 32.7. The number of Topliss-reactive ketones (excluding diaryl/α,β-unsaturated/α-hetero) is 1. The van der Waals surface area contributed by atoms with Gasteiger partial charge in [0.15, 0.2) is 27.3 Å². The maximum atomic E-state index is 11.9. The minimum absolute atomic E-state index is 0.0152. The summed E-state index contributed by atoms with van der Waals surface area (Å²) < 4.78 is 61.4. The molecule has 476 valence electrons. The molecule has 11 rings (SSSR count). The van der Waals surface area contributed by atoms with E-state index in [2.05, 4.69) is 172 Å². The smallest absolute Gasteiger partial charge is 0.265 e. The normalized spacial score (nSPS) is 23.7. The number of rotatable bonds is 22. The Morgan fingerprint density at radius 2 is 1.09 bits per heavy atom. The van der Waals surface area contributed by atoms with Crippen LogP contribution < -0.4 is 14.2 Å². The number of hydrogen-bond donors (Lipinski definition) is 2. The second kappa shape index (κ2) is 30.9. The number of ketones is 1. The van der Waals surface area contributed by atoms with Crippen molar-refractivity contribution in [2.75, 3.05) is 19.0 Å². The summed E-state index contributed by atoms with van der Waals surface area (Å²) >= 11 is 0. The molecule has 4 bridgehead atoms. The maximum absolute atomic E-state index is 11.9. The van der Waals surface area contributed by atoms with E-state index in [0.717, 1.165) is 71.3 Å². The van der Waals surface area contributed by atoms with E-state index in [-0.39, 0.29) is 40.6 Å². The summed E-state index contributed by atoms with van der Waals surface area (Å²) in [6.07, 6.45) is 12.4. The van der Waals surface area contributed by atoms with E-state index >= 15 is 0 Å². The molecule has 5 aliphatic rings. The number of carbonyl (C=O) groups is 1. The van der Waals surface area contributed by atoms with Crippen LogP contribution in [0.15, 0.2) is 160 Å². The third-order valence-corrected chi connectivity index (χ3v) is 23.5. The molecule has 6 aromatic carbocycles. The summed E-state index contributed by atoms with van der Waals surface area (Å²) in [7, 11) is -4.25. The molecule has 5 aliphatic carbocycles. The lowest BCUT2D eigenvalue weighted by molar-refractivity contribution is -0.132. The fraction of sp³-hybridized carbons (Fsp3) is 0.513. The fourth-order valence-corrected chi connectivity index (χ4v) is 18.2. The van der Waals surface area contributed by atoms with Gasteiger partial charge in [-0.05, 0) is 227 Å². The summed E-state index contributed by atoms with van der Waals surface area (Å²) in [6.45, 7) is 26.3. The standard InChI is InChI=1S/C34H39O3S.C22H32O2.C10H16O4S.C10H14O/c1-6-25(2)29-17-19-30(20-18-29)37-28(5)35-21-22-36-34-26(3)23-33(24-27(34)4)38(31-13-9-7-10-14-31)32-15-11-8-12-16-32;1-4-14(2)16-8-10-18(11-9-16)23-15(3)24-22-13-17-12-21(22)20-7-5-6-19(17)20;1-9(2)7-3-4-10(9,8(11)5-7)6-15(12,13)14;1-3-8(2)9-4-6-10(11)7-5-9/h7-20,23-25,28H,6,21-22H2,1-5H3;8-11,14-15,17,19-22H,4-7,12-13H2,1-3H3;7H,3-6H2,1-2H3,(H,12,13,14);4-8,11H,3H2,1-2H3/q+1;;;. The molecular formula is C76H101O10S2+. The van der Waals surface area contributed by atoms with Crippen molar-refractivity contribution >= 4 is 26.8 Å². The van der Waals surface area contributed by atoms with Gasteiger partial charge in [-0.1, -0.05) is 135 Å². The van der Waals surface area contributed by atoms with Crippen molar-refractivity contribution in [2.24, 2.45) is 40.4 Å². The van der Waals surface area contributed by atoms with Crippen molar-refractivity contribution in [1.29, 1.82) is 0 Å². The molecule has 0 amide bonds. The lowest BCUT2D eigenvalue weighted by Crippen LogP contribution is -2.42. The first kappa shape index (κ1) is 68.3. The molecule has 0 aromatic heterocycles. The summed E-state index contributed by atoms with van der Waals surface area (Å²) in [5, 5.41) is 9.01. The summed E-state index contributed by atoms with van der Waals surface area (Å²) in [5.74, 6) is 8.40. The van der Waals surface area contributed by atoms with Crippen LogP contribution in [0.5, 0.6) is 23.0 Å². The molecule has 10 nitrogen and oxygen atoms in total. The Morgan fingerprint density at radius 3 is 1.56 bits per heavy atom. The molecule has 2 N–H and O–H groups in total. The molecular weight excluding hydrogens is 1140 g/mol. The van der Waals surface area contributed by atoms with Crippen LogP contribution in [0.4, 0.5) is 0 Å². The Kier molecular flexibility index (Phi) is 24.0. The van der Waals surface area contributed by atoms with Crippen LogP contribution in [-0.2, 0) is 35.3 Å². The van der Waals surface area contributed by atoms with E-state index in [0.29, 0.717) is 55.7 Å². The van der Waals surface area contributed by atoms with Crippen LogP contribution in [0, 0.1) is 54.3 Å². The topological polar surface area (TPSA) is 138 Å². The molecule has 0 spiro atoms. The largest absolute Gasteiger partial charge is 0.508 e. The lowest BCUT2D eigenvalue weighted by atomic mass is 9.70. The van der Waals surface area contributed by atoms with Crippen LogP contribution in [0.1, 0.15) is 185 Å². The van der Waals surface area contributed by atoms with Crippen molar-refractivity contribution in [3.05, 3.63) is 173 Å². The molecule has 0 saturated heterocycles. The highest BCUT2D eigenvalue weighted by Gasteiger charge is 2.65. The molecule has 0 radical (unpaired) electrons. The maximum Gasteiger partial charge on any atom is 0.265 e. The van der Waals surface area contributed by atoms with Gasteiger partial charge in [-0.2, -0.15) is 8.42 Å². The third-order valence-electron chi connectivity index (χ3n) is 20.4. The number of aryl methyl sites for hydroxylation is 2. The van der Waals surface area contributed by atoms with E-state index < -0.39 is 21.3 Å². The predicted octanol–water partition coefficient (Wildman–Crippen LogP) is 18.7. The van der Waals surface area contributed by atoms with Crippen LogP contribution >= 0.6 is 0 Å². The Labute approximate surface area is 531 Å². The number of aromatic hydroxyl groups is 1. The van der Waals surface area contributed by atoms with Gasteiger partial charge in [0.05, 0.1) is 34.8 Å². The van der Waals surface area contributed by atoms with Crippen LogP contribution in [-0.4, -0.2) is 61.5 Å². The van der Waals surface area contributed by atoms with Crippen LogP contribution in [0.2, 0.25) is 0 Å². The van der Waals surface area contributed by atoms with E-state index in [4.69, 9.17) is 33.3 Å². The average Bonchev–Trinajstić information content (AvgIpc) is 1.99. The van der Waals surface area contributed by atoms with E-state index in [1.54, 1.807) is 12.1 Å². The molecule has 12 atom stereocenters. The van der Waals surface area contributed by atoms with E-state index in [1.807, 2.05) is 45.0 Å². The van der Waals surface area contributed by atoms with Crippen molar-refractivity contribution in [3.8, 4) is 23.0 Å². The molecule has 0 heterocycles. The zero-order chi connectivity index (χ0) is 63.3. The van der Waals surface area contributed by atoms with E-state index in [9.17, 15) is 13.2 Å². The molecule has 88 heavy (non-hydrogen) atoms. The van der Waals surface area contributed by atoms with Crippen molar-refractivity contribution in [2.45, 2.75) is 205 Å². The number of phenols is 1. The van der Waals surface area contributed by atoms with Crippen LogP contribution in [0.3, 0.4) is 0 Å². The SMILES string of the molecule is CC1(C)C2CCC1(CS(=O)(=O)O)C(=O)C2.CCC(C)c1ccc(O)cc1.CCC(C)c1ccc(OC(C)OC2CC3CC2C2CCCC32)cc1.CCC(C)c1ccc(OC(C)OCCOc2c(C)cc([S+](c3ccccc3)c3ccccc3)cc2C)cc1. The van der Waals surface area contributed by atoms with Gasteiger partial charge >= 0.3 is 0 Å². The molecule has 12 heteroatoms. The van der Waals surface area contributed by atoms with Gasteiger partial charge in [0.2, 0.25) is 0 Å². The number of ether oxygens (including phenoxy) is 5. The number of carbonyl (C=O) groups excluding carboxylic acids is 1. The van der Waals surface area contributed by atoms with Crippen molar-refractivity contribution in [1.82, 2.24) is 0 Å². The minimum atomic E-state index is -4.08. The Hall–Kier alpha value is -5.63. The van der Waals surface area contributed by atoms with Gasteiger partial charge in [-0.15, -0.1) is 0 Å². The van der Waals surface area contributed by atoms with Gasteiger partial charge < -0.3 is 28.8 Å². The predicted molar refractivity (Wildman–Crippen MR) is 357 cm³/mol. The first-order chi connectivity index (χ1) is 42.0. The van der Waals surface area contributed by atoms with Gasteiger partial charge in [-0.3, -0.25) is 9.35 Å². The van der Waals surface area contributed by atoms with Gasteiger partial charge in [0.25, 0.3) is 10.1 Å². The summed E-state index contributed by atoms with van der Waals surface area (Å²) in [6, 6.07) is 50.3. The zero-order valence-corrected chi connectivity index (χ0v) is 56.2. The average molecular weight is 1240 g/mol. The number of benzene rings is 6. The van der Waals surface area contributed by atoms with E-state index in [1.165, 1.54) is 69.9 Å². The van der Waals surface area contributed by atoms with Gasteiger partial charge in [0.1, 0.15) is 35.4 Å². The molecule has 6 aromatic rings. The highest BCUT2D eigenvalue weighted by molar-refractivity contribution is 7.97. The third kappa shape index (κ3) is 17.0. The van der Waals surface area contributed by atoms with Crippen molar-refractivity contribution in [3.63, 3.8) is 0 Å². The Morgan fingerprint density at radius 1 is 0.602 bits per heavy atom. The highest BCUT2D eigenvalue weighted by Crippen LogP contribution is 2.64. The Bertz CT molecular complexity index is 3180. The first-order valence-corrected chi connectivity index (χ1v) is 35.5. The van der Waals surface area contributed by atoms with Crippen LogP contribution in [0.25, 0.3) is 0 Å². The second-order valence-corrected chi connectivity index (χ2v) is 29.8. The number of fused-ring (bicyclic) bond motifs is 7. The lowest BCUT2D eigenvalue weighted by Gasteiger charge is -2.35. The molecule has 5 saturated carbocycles. The van der Waals surface area contributed by atoms with Crippen molar-refractivity contribution < 1.29 is 46.6 Å². The van der Waals surface area contributed by atoms with Gasteiger partial charge in [-0.25, -0.2) is 0 Å².